The molecule has 2 aromatic rings. The van der Waals surface area contributed by atoms with Crippen LogP contribution in [0.5, 0.6) is 0 Å². The van der Waals surface area contributed by atoms with Crippen LogP contribution >= 0.6 is 34.2 Å². The summed E-state index contributed by atoms with van der Waals surface area (Å²) in [5.74, 6) is 0. The summed E-state index contributed by atoms with van der Waals surface area (Å²) in [6.07, 6.45) is 0. The maximum atomic E-state index is 5.74. The molecule has 0 aliphatic heterocycles. The number of halogens is 2. The van der Waals surface area contributed by atoms with Crippen molar-refractivity contribution in [3.63, 3.8) is 0 Å². The quantitative estimate of drug-likeness (QED) is 0.752. The van der Waals surface area contributed by atoms with E-state index in [9.17, 15) is 0 Å². The van der Waals surface area contributed by atoms with E-state index >= 15 is 0 Å². The van der Waals surface area contributed by atoms with Gasteiger partial charge in [0.1, 0.15) is 9.26 Å². The molecular formula is C9H5ClINO. The lowest BCUT2D eigenvalue weighted by molar-refractivity contribution is 0.423. The molecule has 4 heteroatoms. The summed E-state index contributed by atoms with van der Waals surface area (Å²) in [5.41, 5.74) is 1.81. The lowest BCUT2D eigenvalue weighted by atomic mass is 10.2. The zero-order valence-corrected chi connectivity index (χ0v) is 9.41. The molecule has 0 fully saturated rings. The first-order valence-corrected chi connectivity index (χ1v) is 5.11. The summed E-state index contributed by atoms with van der Waals surface area (Å²) < 4.78 is 5.71. The van der Waals surface area contributed by atoms with Crippen molar-refractivity contribution in [3.05, 3.63) is 39.1 Å². The van der Waals surface area contributed by atoms with Gasteiger partial charge in [-0.2, -0.15) is 0 Å². The van der Waals surface area contributed by atoms with Gasteiger partial charge in [-0.25, -0.2) is 0 Å². The zero-order valence-electron chi connectivity index (χ0n) is 6.50. The number of aromatic nitrogens is 1. The molecule has 1 aromatic heterocycles. The van der Waals surface area contributed by atoms with Gasteiger partial charge in [0.25, 0.3) is 0 Å². The van der Waals surface area contributed by atoms with Gasteiger partial charge in [0, 0.05) is 5.56 Å². The largest absolute Gasteiger partial charge is 0.343 e. The molecule has 0 saturated carbocycles. The van der Waals surface area contributed by atoms with E-state index < -0.39 is 0 Å². The highest BCUT2D eigenvalue weighted by molar-refractivity contribution is 14.1. The van der Waals surface area contributed by atoms with Crippen molar-refractivity contribution < 1.29 is 4.52 Å². The Morgan fingerprint density at radius 2 is 1.92 bits per heavy atom. The molecule has 2 nitrogen and oxygen atoms in total. The molecule has 0 unspecified atom stereocenters. The average Bonchev–Trinajstić information content (AvgIpc) is 2.49. The molecule has 0 radical (unpaired) electrons. The Morgan fingerprint density at radius 1 is 1.23 bits per heavy atom. The Labute approximate surface area is 94.0 Å². The number of nitrogens with zero attached hydrogens (tertiary/aromatic N) is 1. The van der Waals surface area contributed by atoms with Crippen molar-refractivity contribution in [1.82, 2.24) is 5.16 Å². The minimum Gasteiger partial charge on any atom is -0.343 e. The molecule has 66 valence electrons. The van der Waals surface area contributed by atoms with Crippen LogP contribution in [0.1, 0.15) is 0 Å². The van der Waals surface area contributed by atoms with Crippen LogP contribution in [0, 0.1) is 3.57 Å². The molecule has 1 heterocycles. The highest BCUT2D eigenvalue weighted by Gasteiger charge is 2.12. The molecule has 0 aliphatic carbocycles. The molecule has 0 amide bonds. The molecule has 0 atom stereocenters. The van der Waals surface area contributed by atoms with E-state index in [1.807, 2.05) is 30.3 Å². The van der Waals surface area contributed by atoms with Gasteiger partial charge >= 0.3 is 0 Å². The first kappa shape index (κ1) is 9.02. The van der Waals surface area contributed by atoms with Crippen LogP contribution in [0.3, 0.4) is 0 Å². The normalized spacial score (nSPS) is 10.3. The van der Waals surface area contributed by atoms with Gasteiger partial charge in [-0.05, 0) is 34.2 Å². The SMILES string of the molecule is Clc1onc(-c2ccccc2)c1I. The van der Waals surface area contributed by atoms with Gasteiger partial charge in [-0.1, -0.05) is 35.5 Å². The predicted molar refractivity (Wildman–Crippen MR) is 59.7 cm³/mol. The maximum absolute atomic E-state index is 5.74. The van der Waals surface area contributed by atoms with Crippen LogP contribution in [0.25, 0.3) is 11.3 Å². The molecule has 0 saturated heterocycles. The Balaban J connectivity index is 2.53. The van der Waals surface area contributed by atoms with E-state index in [0.29, 0.717) is 5.22 Å². The summed E-state index contributed by atoms with van der Waals surface area (Å²) in [4.78, 5) is 0. The highest BCUT2D eigenvalue weighted by atomic mass is 127. The first-order valence-electron chi connectivity index (χ1n) is 3.65. The van der Waals surface area contributed by atoms with Crippen LogP contribution in [-0.4, -0.2) is 5.16 Å². The van der Waals surface area contributed by atoms with Crippen molar-refractivity contribution in [2.24, 2.45) is 0 Å². The van der Waals surface area contributed by atoms with E-state index in [1.165, 1.54) is 0 Å². The van der Waals surface area contributed by atoms with E-state index in [0.717, 1.165) is 14.8 Å². The summed E-state index contributed by atoms with van der Waals surface area (Å²) in [6.45, 7) is 0. The summed E-state index contributed by atoms with van der Waals surface area (Å²) in [6, 6.07) is 9.80. The Hall–Kier alpha value is -0.550. The highest BCUT2D eigenvalue weighted by Crippen LogP contribution is 2.29. The standard InChI is InChI=1S/C9H5ClINO/c10-9-7(11)8(12-13-9)6-4-2-1-3-5-6/h1-5H. The average molecular weight is 306 g/mol. The molecule has 0 aliphatic rings. The Bertz CT molecular complexity index is 413. The second kappa shape index (κ2) is 3.67. The van der Waals surface area contributed by atoms with Gasteiger partial charge < -0.3 is 4.52 Å². The van der Waals surface area contributed by atoms with E-state index in [4.69, 9.17) is 16.1 Å². The third-order valence-electron chi connectivity index (χ3n) is 1.64. The topological polar surface area (TPSA) is 26.0 Å². The third-order valence-corrected chi connectivity index (χ3v) is 3.22. The van der Waals surface area contributed by atoms with Crippen LogP contribution in [0.15, 0.2) is 34.9 Å². The van der Waals surface area contributed by atoms with Crippen LogP contribution in [0.2, 0.25) is 5.22 Å². The number of rotatable bonds is 1. The zero-order chi connectivity index (χ0) is 9.26. The lowest BCUT2D eigenvalue weighted by Crippen LogP contribution is -1.78. The van der Waals surface area contributed by atoms with Gasteiger partial charge in [-0.3, -0.25) is 0 Å². The molecule has 1 aromatic carbocycles. The van der Waals surface area contributed by atoms with E-state index in [1.54, 1.807) is 0 Å². The lowest BCUT2D eigenvalue weighted by Gasteiger charge is -1.93. The molecule has 2 rings (SSSR count). The summed E-state index contributed by atoms with van der Waals surface area (Å²) >= 11 is 7.86. The number of hydrogen-bond acceptors (Lipinski definition) is 2. The number of hydrogen-bond donors (Lipinski definition) is 0. The fraction of sp³-hybridized carbons (Fsp3) is 0. The summed E-state index contributed by atoms with van der Waals surface area (Å²) in [5, 5.41) is 4.22. The van der Waals surface area contributed by atoms with Crippen molar-refractivity contribution in [2.45, 2.75) is 0 Å². The van der Waals surface area contributed by atoms with Crippen molar-refractivity contribution in [2.75, 3.05) is 0 Å². The van der Waals surface area contributed by atoms with Crippen molar-refractivity contribution in [3.8, 4) is 11.3 Å². The van der Waals surface area contributed by atoms with Gasteiger partial charge in [0.15, 0.2) is 0 Å². The fourth-order valence-corrected chi connectivity index (χ4v) is 1.67. The fourth-order valence-electron chi connectivity index (χ4n) is 1.03. The van der Waals surface area contributed by atoms with Gasteiger partial charge in [-0.15, -0.1) is 0 Å². The first-order chi connectivity index (χ1) is 6.29. The predicted octanol–water partition coefficient (Wildman–Crippen LogP) is 3.60. The van der Waals surface area contributed by atoms with E-state index in [2.05, 4.69) is 27.7 Å². The van der Waals surface area contributed by atoms with Crippen molar-refractivity contribution >= 4 is 34.2 Å². The number of benzene rings is 1. The monoisotopic (exact) mass is 305 g/mol. The molecular weight excluding hydrogens is 300 g/mol. The summed E-state index contributed by atoms with van der Waals surface area (Å²) in [7, 11) is 0. The minimum atomic E-state index is 0.347. The Morgan fingerprint density at radius 3 is 2.46 bits per heavy atom. The smallest absolute Gasteiger partial charge is 0.240 e. The molecule has 0 spiro atoms. The minimum absolute atomic E-state index is 0.347. The van der Waals surface area contributed by atoms with Crippen molar-refractivity contribution in [1.29, 1.82) is 0 Å². The molecule has 0 bridgehead atoms. The van der Waals surface area contributed by atoms with Crippen LogP contribution < -0.4 is 0 Å². The second-order valence-electron chi connectivity index (χ2n) is 2.48. The molecule has 0 N–H and O–H groups in total. The third kappa shape index (κ3) is 1.71. The van der Waals surface area contributed by atoms with Crippen LogP contribution in [-0.2, 0) is 0 Å². The van der Waals surface area contributed by atoms with Crippen LogP contribution in [0.4, 0.5) is 0 Å². The Kier molecular flexibility index (Phi) is 2.55. The van der Waals surface area contributed by atoms with Gasteiger partial charge in [0.2, 0.25) is 5.22 Å². The van der Waals surface area contributed by atoms with E-state index in [-0.39, 0.29) is 0 Å². The second-order valence-corrected chi connectivity index (χ2v) is 3.91. The van der Waals surface area contributed by atoms with Gasteiger partial charge in [0.05, 0.1) is 0 Å². The molecule has 13 heavy (non-hydrogen) atoms. The maximum Gasteiger partial charge on any atom is 0.240 e.